The second kappa shape index (κ2) is 9.08. The molecule has 0 aliphatic carbocycles. The van der Waals surface area contributed by atoms with Crippen LogP contribution in [-0.4, -0.2) is 38.4 Å². The van der Waals surface area contributed by atoms with Gasteiger partial charge >= 0.3 is 0 Å². The number of ether oxygens (including phenoxy) is 2. The molecule has 0 saturated carbocycles. The van der Waals surface area contributed by atoms with Gasteiger partial charge in [0.2, 0.25) is 0 Å². The molecule has 0 aromatic heterocycles. The number of hydrogen-bond donors (Lipinski definition) is 2. The maximum atomic E-state index is 5.92. The van der Waals surface area contributed by atoms with Crippen molar-refractivity contribution in [3.8, 4) is 16.9 Å². The molecule has 1 saturated heterocycles. The van der Waals surface area contributed by atoms with Crippen molar-refractivity contribution in [2.24, 2.45) is 10.7 Å². The Kier molecular flexibility index (Phi) is 6.29. The Labute approximate surface area is 148 Å². The van der Waals surface area contributed by atoms with Gasteiger partial charge in [-0.25, -0.2) is 0 Å². The Hall–Kier alpha value is -2.53. The molecule has 5 heteroatoms. The van der Waals surface area contributed by atoms with Gasteiger partial charge in [-0.05, 0) is 24.5 Å². The summed E-state index contributed by atoms with van der Waals surface area (Å²) in [6.45, 7) is 2.57. The van der Waals surface area contributed by atoms with Crippen molar-refractivity contribution >= 4 is 5.96 Å². The summed E-state index contributed by atoms with van der Waals surface area (Å²) in [4.78, 5) is 4.32. The monoisotopic (exact) mass is 339 g/mol. The second-order valence-corrected chi connectivity index (χ2v) is 6.00. The zero-order valence-corrected chi connectivity index (χ0v) is 14.4. The Balaban J connectivity index is 1.47. The van der Waals surface area contributed by atoms with Gasteiger partial charge in [-0.1, -0.05) is 48.5 Å². The Morgan fingerprint density at radius 1 is 1.16 bits per heavy atom. The van der Waals surface area contributed by atoms with E-state index in [2.05, 4.69) is 28.5 Å². The van der Waals surface area contributed by atoms with Gasteiger partial charge in [0.25, 0.3) is 0 Å². The standard InChI is InChI=1S/C20H25N3O2/c21-20(23-15-17-9-6-13-24-17)22-12-14-25-19-11-5-4-10-18(19)16-7-2-1-3-8-16/h1-5,7-8,10-11,17H,6,9,12-15H2,(H3,21,22,23). The van der Waals surface area contributed by atoms with Gasteiger partial charge in [0, 0.05) is 12.2 Å². The smallest absolute Gasteiger partial charge is 0.188 e. The van der Waals surface area contributed by atoms with Crippen molar-refractivity contribution in [1.29, 1.82) is 0 Å². The van der Waals surface area contributed by atoms with Gasteiger partial charge in [0.05, 0.1) is 19.2 Å². The lowest BCUT2D eigenvalue weighted by molar-refractivity contribution is 0.117. The molecule has 2 aromatic rings. The third-order valence-corrected chi connectivity index (χ3v) is 4.13. The van der Waals surface area contributed by atoms with Crippen LogP contribution < -0.4 is 15.8 Å². The topological polar surface area (TPSA) is 68.9 Å². The Morgan fingerprint density at radius 2 is 1.96 bits per heavy atom. The molecule has 132 valence electrons. The molecular formula is C20H25N3O2. The molecule has 5 nitrogen and oxygen atoms in total. The Bertz CT molecular complexity index is 682. The second-order valence-electron chi connectivity index (χ2n) is 6.00. The van der Waals surface area contributed by atoms with Crippen LogP contribution in [0.1, 0.15) is 12.8 Å². The van der Waals surface area contributed by atoms with Crippen LogP contribution in [0.5, 0.6) is 5.75 Å². The number of nitrogens with one attached hydrogen (secondary N) is 1. The molecule has 0 spiro atoms. The molecule has 0 radical (unpaired) electrons. The van der Waals surface area contributed by atoms with E-state index in [9.17, 15) is 0 Å². The van der Waals surface area contributed by atoms with Gasteiger partial charge in [-0.2, -0.15) is 0 Å². The fraction of sp³-hybridized carbons (Fsp3) is 0.350. The molecule has 3 N–H and O–H groups in total. The molecule has 2 aromatic carbocycles. The van der Waals surface area contributed by atoms with E-state index in [4.69, 9.17) is 15.2 Å². The highest BCUT2D eigenvalue weighted by Crippen LogP contribution is 2.29. The number of benzene rings is 2. The van der Waals surface area contributed by atoms with Crippen LogP contribution in [0, 0.1) is 0 Å². The normalized spacial score (nSPS) is 17.4. The minimum absolute atomic E-state index is 0.217. The zero-order chi connectivity index (χ0) is 17.3. The summed E-state index contributed by atoms with van der Waals surface area (Å²) in [5.41, 5.74) is 8.11. The summed E-state index contributed by atoms with van der Waals surface area (Å²) in [7, 11) is 0. The maximum Gasteiger partial charge on any atom is 0.188 e. The number of rotatable bonds is 7. The molecule has 1 aliphatic heterocycles. The average molecular weight is 339 g/mol. The molecule has 0 bridgehead atoms. The van der Waals surface area contributed by atoms with Crippen LogP contribution in [-0.2, 0) is 4.74 Å². The number of para-hydroxylation sites is 1. The van der Waals surface area contributed by atoms with Gasteiger partial charge < -0.3 is 20.5 Å². The van der Waals surface area contributed by atoms with Crippen LogP contribution in [0.4, 0.5) is 0 Å². The predicted molar refractivity (Wildman–Crippen MR) is 101 cm³/mol. The molecule has 1 aliphatic rings. The van der Waals surface area contributed by atoms with Crippen LogP contribution in [0.3, 0.4) is 0 Å². The largest absolute Gasteiger partial charge is 0.491 e. The van der Waals surface area contributed by atoms with E-state index in [-0.39, 0.29) is 6.10 Å². The first-order valence-corrected chi connectivity index (χ1v) is 8.75. The van der Waals surface area contributed by atoms with Crippen LogP contribution in [0.25, 0.3) is 11.1 Å². The third kappa shape index (κ3) is 5.22. The van der Waals surface area contributed by atoms with Gasteiger partial charge in [0.1, 0.15) is 12.4 Å². The summed E-state index contributed by atoms with van der Waals surface area (Å²) < 4.78 is 11.4. The van der Waals surface area contributed by atoms with Crippen LogP contribution in [0.15, 0.2) is 59.6 Å². The fourth-order valence-corrected chi connectivity index (χ4v) is 2.83. The van der Waals surface area contributed by atoms with Crippen LogP contribution in [0.2, 0.25) is 0 Å². The predicted octanol–water partition coefficient (Wildman–Crippen LogP) is 2.82. The number of guanidine groups is 1. The molecule has 1 heterocycles. The van der Waals surface area contributed by atoms with E-state index < -0.39 is 0 Å². The molecule has 1 unspecified atom stereocenters. The first kappa shape index (κ1) is 17.3. The van der Waals surface area contributed by atoms with Crippen molar-refractivity contribution < 1.29 is 9.47 Å². The zero-order valence-electron chi connectivity index (χ0n) is 14.4. The molecule has 1 fully saturated rings. The minimum Gasteiger partial charge on any atom is -0.491 e. The van der Waals surface area contributed by atoms with E-state index in [1.807, 2.05) is 36.4 Å². The lowest BCUT2D eigenvalue weighted by atomic mass is 10.1. The number of nitrogens with zero attached hydrogens (tertiary/aromatic N) is 1. The quantitative estimate of drug-likeness (QED) is 0.462. The Morgan fingerprint density at radius 3 is 2.76 bits per heavy atom. The minimum atomic E-state index is 0.217. The number of aliphatic imine (C=N–C) groups is 1. The van der Waals surface area contributed by atoms with Gasteiger partial charge in [-0.3, -0.25) is 4.99 Å². The highest BCUT2D eigenvalue weighted by Gasteiger charge is 2.14. The lowest BCUT2D eigenvalue weighted by Crippen LogP contribution is -2.35. The summed E-state index contributed by atoms with van der Waals surface area (Å²) in [6, 6.07) is 18.3. The van der Waals surface area contributed by atoms with E-state index in [1.54, 1.807) is 0 Å². The van der Waals surface area contributed by atoms with E-state index in [0.29, 0.717) is 25.7 Å². The first-order valence-electron chi connectivity index (χ1n) is 8.75. The van der Waals surface area contributed by atoms with E-state index in [1.165, 1.54) is 0 Å². The van der Waals surface area contributed by atoms with Crippen molar-refractivity contribution in [2.45, 2.75) is 18.9 Å². The maximum absolute atomic E-state index is 5.92. The van der Waals surface area contributed by atoms with E-state index in [0.717, 1.165) is 36.3 Å². The number of nitrogens with two attached hydrogens (primary N) is 1. The first-order chi connectivity index (χ1) is 12.3. The summed E-state index contributed by atoms with van der Waals surface area (Å²) in [5.74, 6) is 1.31. The summed E-state index contributed by atoms with van der Waals surface area (Å²) >= 11 is 0. The van der Waals surface area contributed by atoms with Crippen LogP contribution >= 0.6 is 0 Å². The number of hydrogen-bond acceptors (Lipinski definition) is 3. The van der Waals surface area contributed by atoms with Crippen molar-refractivity contribution in [1.82, 2.24) is 5.32 Å². The SMILES string of the molecule is NC(=NCC1CCCO1)NCCOc1ccccc1-c1ccccc1. The van der Waals surface area contributed by atoms with Gasteiger partial charge in [0.15, 0.2) is 5.96 Å². The average Bonchev–Trinajstić information content (AvgIpc) is 3.18. The van der Waals surface area contributed by atoms with E-state index >= 15 is 0 Å². The van der Waals surface area contributed by atoms with Gasteiger partial charge in [-0.15, -0.1) is 0 Å². The summed E-state index contributed by atoms with van der Waals surface area (Å²) in [5, 5.41) is 3.08. The van der Waals surface area contributed by atoms with Crippen molar-refractivity contribution in [3.05, 3.63) is 54.6 Å². The highest BCUT2D eigenvalue weighted by atomic mass is 16.5. The fourth-order valence-electron chi connectivity index (χ4n) is 2.83. The van der Waals surface area contributed by atoms with Crippen molar-refractivity contribution in [3.63, 3.8) is 0 Å². The highest BCUT2D eigenvalue weighted by molar-refractivity contribution is 5.77. The third-order valence-electron chi connectivity index (χ3n) is 4.13. The molecule has 3 rings (SSSR count). The molecular weight excluding hydrogens is 314 g/mol. The van der Waals surface area contributed by atoms with Crippen molar-refractivity contribution in [2.75, 3.05) is 26.3 Å². The lowest BCUT2D eigenvalue weighted by Gasteiger charge is -2.12. The molecule has 25 heavy (non-hydrogen) atoms. The molecule has 1 atom stereocenters. The molecule has 0 amide bonds. The summed E-state index contributed by atoms with van der Waals surface area (Å²) in [6.07, 6.45) is 2.40.